The number of aromatic nitrogens is 4. The van der Waals surface area contributed by atoms with Gasteiger partial charge in [-0.1, -0.05) is 35.9 Å². The van der Waals surface area contributed by atoms with E-state index in [4.69, 9.17) is 26.0 Å². The quantitative estimate of drug-likeness (QED) is 0.282. The number of furan rings is 1. The van der Waals surface area contributed by atoms with Crippen molar-refractivity contribution in [3.05, 3.63) is 76.9 Å². The van der Waals surface area contributed by atoms with E-state index in [1.807, 2.05) is 6.07 Å². The number of hydrogen-bond acceptors (Lipinski definition) is 7. The van der Waals surface area contributed by atoms with Crippen molar-refractivity contribution >= 4 is 39.0 Å². The second kappa shape index (κ2) is 9.06. The molecule has 1 aromatic carbocycles. The molecule has 32 heavy (non-hydrogen) atoms. The molecule has 4 aromatic heterocycles. The summed E-state index contributed by atoms with van der Waals surface area (Å²) in [7, 11) is 0. The van der Waals surface area contributed by atoms with Gasteiger partial charge in [0.2, 0.25) is 0 Å². The molecule has 6 nitrogen and oxygen atoms in total. The highest BCUT2D eigenvalue weighted by Crippen LogP contribution is 2.31. The second-order valence-corrected chi connectivity index (χ2v) is 9.06. The molecule has 0 radical (unpaired) electrons. The van der Waals surface area contributed by atoms with Crippen LogP contribution in [0.5, 0.6) is 0 Å². The maximum Gasteiger partial charge on any atom is 0.166 e. The number of aryl methyl sites for hydroxylation is 2. The van der Waals surface area contributed by atoms with Gasteiger partial charge in [0.25, 0.3) is 0 Å². The molecule has 5 rings (SSSR count). The van der Waals surface area contributed by atoms with Gasteiger partial charge in [-0.2, -0.15) is 0 Å². The van der Waals surface area contributed by atoms with E-state index in [2.05, 4.69) is 52.5 Å². The Morgan fingerprint density at radius 1 is 1.03 bits per heavy atom. The molecule has 0 aliphatic rings. The predicted octanol–water partition coefficient (Wildman–Crippen LogP) is 6.41. The Bertz CT molecular complexity index is 1330. The largest absolute Gasteiger partial charge is 0.472 e. The van der Waals surface area contributed by atoms with Crippen LogP contribution in [0.25, 0.3) is 32.9 Å². The fourth-order valence-corrected chi connectivity index (χ4v) is 4.48. The van der Waals surface area contributed by atoms with Crippen molar-refractivity contribution < 1.29 is 4.42 Å². The molecular formula is C24H20ClN5OS. The maximum atomic E-state index is 5.82. The van der Waals surface area contributed by atoms with Crippen molar-refractivity contribution in [3.8, 4) is 22.6 Å². The highest BCUT2D eigenvalue weighted by Gasteiger charge is 2.12. The van der Waals surface area contributed by atoms with Crippen LogP contribution in [0, 0.1) is 6.92 Å². The number of thiophene rings is 1. The molecule has 0 spiro atoms. The summed E-state index contributed by atoms with van der Waals surface area (Å²) < 4.78 is 5.21. The van der Waals surface area contributed by atoms with Crippen LogP contribution in [0.15, 0.2) is 65.7 Å². The van der Waals surface area contributed by atoms with Gasteiger partial charge in [-0.05, 0) is 37.5 Å². The Hall–Kier alpha value is -3.29. The van der Waals surface area contributed by atoms with Crippen LogP contribution in [0.2, 0.25) is 5.15 Å². The third kappa shape index (κ3) is 4.49. The van der Waals surface area contributed by atoms with E-state index in [1.165, 1.54) is 10.4 Å². The van der Waals surface area contributed by atoms with Gasteiger partial charge in [0.05, 0.1) is 35.3 Å². The first-order chi connectivity index (χ1) is 15.7. The third-order valence-electron chi connectivity index (χ3n) is 5.10. The number of anilines is 1. The van der Waals surface area contributed by atoms with Gasteiger partial charge in [0.15, 0.2) is 5.82 Å². The molecule has 0 unspecified atom stereocenters. The molecular weight excluding hydrogens is 442 g/mol. The van der Waals surface area contributed by atoms with Crippen molar-refractivity contribution in [3.63, 3.8) is 0 Å². The number of benzene rings is 1. The fourth-order valence-electron chi connectivity index (χ4n) is 3.50. The summed E-state index contributed by atoms with van der Waals surface area (Å²) in [6.45, 7) is 2.91. The summed E-state index contributed by atoms with van der Waals surface area (Å²) in [5.74, 6) is 1.55. The number of rotatable bonds is 7. The zero-order chi connectivity index (χ0) is 21.9. The molecule has 0 fully saturated rings. The van der Waals surface area contributed by atoms with Crippen molar-refractivity contribution in [2.75, 3.05) is 11.9 Å². The molecule has 4 heterocycles. The molecule has 160 valence electrons. The zero-order valence-corrected chi connectivity index (χ0v) is 19.0. The lowest BCUT2D eigenvalue weighted by molar-refractivity contribution is 0.568. The summed E-state index contributed by atoms with van der Waals surface area (Å²) >= 11 is 7.49. The summed E-state index contributed by atoms with van der Waals surface area (Å²) in [6.07, 6.45) is 8.51. The van der Waals surface area contributed by atoms with E-state index in [9.17, 15) is 0 Å². The van der Waals surface area contributed by atoms with E-state index in [0.29, 0.717) is 11.0 Å². The fraction of sp³-hybridized carbons (Fsp3) is 0.167. The highest BCUT2D eigenvalue weighted by atomic mass is 35.5. The van der Waals surface area contributed by atoms with Gasteiger partial charge in [-0.15, -0.1) is 11.3 Å². The Kier molecular flexibility index (Phi) is 5.83. The van der Waals surface area contributed by atoms with Gasteiger partial charge in [0.1, 0.15) is 22.1 Å². The molecule has 0 aliphatic heterocycles. The smallest absolute Gasteiger partial charge is 0.166 e. The summed E-state index contributed by atoms with van der Waals surface area (Å²) in [5, 5.41) is 4.97. The first kappa shape index (κ1) is 20.6. The lowest BCUT2D eigenvalue weighted by Crippen LogP contribution is -2.06. The van der Waals surface area contributed by atoms with E-state index in [1.54, 1.807) is 36.3 Å². The minimum Gasteiger partial charge on any atom is -0.472 e. The van der Waals surface area contributed by atoms with Crippen molar-refractivity contribution in [2.45, 2.75) is 19.8 Å². The Morgan fingerprint density at radius 3 is 2.66 bits per heavy atom. The van der Waals surface area contributed by atoms with E-state index < -0.39 is 0 Å². The number of nitrogens with zero attached hydrogens (tertiary/aromatic N) is 4. The van der Waals surface area contributed by atoms with Crippen LogP contribution in [-0.4, -0.2) is 26.5 Å². The van der Waals surface area contributed by atoms with Crippen molar-refractivity contribution in [1.82, 2.24) is 19.9 Å². The number of fused-ring (bicyclic) bond motifs is 1. The minimum atomic E-state index is 0.397. The molecule has 0 bridgehead atoms. The van der Waals surface area contributed by atoms with Crippen LogP contribution in [0.1, 0.15) is 16.9 Å². The summed E-state index contributed by atoms with van der Waals surface area (Å²) in [6, 6.07) is 12.4. The summed E-state index contributed by atoms with van der Waals surface area (Å²) in [4.78, 5) is 20.1. The third-order valence-corrected chi connectivity index (χ3v) is 6.24. The first-order valence-electron chi connectivity index (χ1n) is 10.3. The maximum absolute atomic E-state index is 5.82. The number of hydrogen-bond donors (Lipinski definition) is 1. The van der Waals surface area contributed by atoms with Crippen LogP contribution >= 0.6 is 22.9 Å². The average molecular weight is 462 g/mol. The van der Waals surface area contributed by atoms with Crippen LogP contribution in [0.3, 0.4) is 0 Å². The Labute approximate surface area is 194 Å². The standard InChI is InChI=1S/C24H20ClN5OS/c1-15-11-19-23(29-22(30-24(19)32-15)18-8-10-31-14-18)26-9-2-3-16-4-6-17(7-5-16)20-12-28-21(25)13-27-20/h4-8,10-14H,2-3,9H2,1H3,(H,26,29,30). The van der Waals surface area contributed by atoms with Gasteiger partial charge < -0.3 is 9.73 Å². The predicted molar refractivity (Wildman–Crippen MR) is 129 cm³/mol. The zero-order valence-electron chi connectivity index (χ0n) is 17.4. The Balaban J connectivity index is 1.24. The molecule has 0 saturated carbocycles. The molecule has 0 atom stereocenters. The van der Waals surface area contributed by atoms with Crippen LogP contribution < -0.4 is 5.32 Å². The number of halogens is 1. The minimum absolute atomic E-state index is 0.397. The molecule has 8 heteroatoms. The van der Waals surface area contributed by atoms with Gasteiger partial charge in [-0.25, -0.2) is 15.0 Å². The van der Waals surface area contributed by atoms with Crippen molar-refractivity contribution in [2.24, 2.45) is 0 Å². The summed E-state index contributed by atoms with van der Waals surface area (Å²) in [5.41, 5.74) is 4.00. The molecule has 1 N–H and O–H groups in total. The topological polar surface area (TPSA) is 76.7 Å². The molecule has 5 aromatic rings. The number of nitrogens with one attached hydrogen (secondary N) is 1. The monoisotopic (exact) mass is 461 g/mol. The second-order valence-electron chi connectivity index (χ2n) is 7.44. The normalized spacial score (nSPS) is 11.2. The Morgan fingerprint density at radius 2 is 1.91 bits per heavy atom. The van der Waals surface area contributed by atoms with Gasteiger partial charge in [0, 0.05) is 17.0 Å². The van der Waals surface area contributed by atoms with E-state index in [0.717, 1.165) is 52.2 Å². The first-order valence-corrected chi connectivity index (χ1v) is 11.5. The van der Waals surface area contributed by atoms with Crippen LogP contribution in [-0.2, 0) is 6.42 Å². The van der Waals surface area contributed by atoms with Crippen molar-refractivity contribution in [1.29, 1.82) is 0 Å². The van der Waals surface area contributed by atoms with E-state index >= 15 is 0 Å². The van der Waals surface area contributed by atoms with E-state index in [-0.39, 0.29) is 0 Å². The molecule has 0 saturated heterocycles. The van der Waals surface area contributed by atoms with Gasteiger partial charge >= 0.3 is 0 Å². The SMILES string of the molecule is Cc1cc2c(NCCCc3ccc(-c4cnc(Cl)cn4)cc3)nc(-c3ccoc3)nc2s1. The highest BCUT2D eigenvalue weighted by molar-refractivity contribution is 7.18. The average Bonchev–Trinajstić information content (AvgIpc) is 3.47. The molecule has 0 aliphatic carbocycles. The lowest BCUT2D eigenvalue weighted by Gasteiger charge is -2.09. The lowest BCUT2D eigenvalue weighted by atomic mass is 10.1. The van der Waals surface area contributed by atoms with Crippen LogP contribution in [0.4, 0.5) is 5.82 Å². The molecule has 0 amide bonds. The van der Waals surface area contributed by atoms with Gasteiger partial charge in [-0.3, -0.25) is 4.98 Å².